The third-order valence-corrected chi connectivity index (χ3v) is 13.5. The first-order valence-corrected chi connectivity index (χ1v) is 20.0. The van der Waals surface area contributed by atoms with Gasteiger partial charge in [-0.05, 0) is 127 Å². The fourth-order valence-corrected chi connectivity index (χ4v) is 8.70. The van der Waals surface area contributed by atoms with Crippen LogP contribution in [0.5, 0.6) is 0 Å². The first kappa shape index (κ1) is 38.2. The van der Waals surface area contributed by atoms with E-state index in [0.29, 0.717) is 24.7 Å². The highest BCUT2D eigenvalue weighted by atomic mass is 19.1. The van der Waals surface area contributed by atoms with Crippen molar-refractivity contribution in [3.05, 3.63) is 119 Å². The molecule has 0 radical (unpaired) electrons. The number of rotatable bonds is 7. The van der Waals surface area contributed by atoms with Crippen molar-refractivity contribution in [3.63, 3.8) is 0 Å². The van der Waals surface area contributed by atoms with Crippen LogP contribution in [0.2, 0.25) is 0 Å². The predicted molar refractivity (Wildman–Crippen MR) is 218 cm³/mol. The second-order valence-electron chi connectivity index (χ2n) is 18.0. The molecule has 4 aliphatic heterocycles. The molecule has 10 heteroatoms. The maximum absolute atomic E-state index is 16.4. The van der Waals surface area contributed by atoms with Gasteiger partial charge in [0.1, 0.15) is 5.69 Å². The minimum absolute atomic E-state index is 0.0705. The van der Waals surface area contributed by atoms with Gasteiger partial charge in [0.05, 0.1) is 34.5 Å². The first-order chi connectivity index (χ1) is 26.0. The average molecular weight is 747 g/mol. The lowest BCUT2D eigenvalue weighted by Crippen LogP contribution is -2.41. The van der Waals surface area contributed by atoms with E-state index >= 15 is 8.78 Å². The third kappa shape index (κ3) is 7.02. The summed E-state index contributed by atoms with van der Waals surface area (Å²) >= 11 is 0. The van der Waals surface area contributed by atoms with Gasteiger partial charge in [0.15, 0.2) is 11.6 Å². The molecule has 2 atom stereocenters. The number of anilines is 2. The van der Waals surface area contributed by atoms with Gasteiger partial charge in [-0.3, -0.25) is 0 Å². The molecule has 0 bridgehead atoms. The molecule has 6 nitrogen and oxygen atoms in total. The molecule has 0 N–H and O–H groups in total. The normalized spacial score (nSPS) is 24.5. The highest BCUT2D eigenvalue weighted by Gasteiger charge is 2.53. The lowest BCUT2D eigenvalue weighted by Gasteiger charge is -2.36. The van der Waals surface area contributed by atoms with Crippen LogP contribution in [0.25, 0.3) is 0 Å². The predicted octanol–water partition coefficient (Wildman–Crippen LogP) is 9.03. The van der Waals surface area contributed by atoms with Crippen LogP contribution in [0.15, 0.2) is 91.0 Å². The number of piperidine rings is 1. The zero-order chi connectivity index (χ0) is 38.9. The van der Waals surface area contributed by atoms with Gasteiger partial charge in [-0.2, -0.15) is 0 Å². The number of halogens is 2. The molecule has 0 amide bonds. The van der Waals surface area contributed by atoms with E-state index in [9.17, 15) is 0 Å². The van der Waals surface area contributed by atoms with Gasteiger partial charge in [0, 0.05) is 18.8 Å². The Hall–Kier alpha value is -3.69. The van der Waals surface area contributed by atoms with Crippen LogP contribution < -0.4 is 20.7 Å². The molecular weight excluding hydrogens is 692 g/mol. The van der Waals surface area contributed by atoms with Crippen LogP contribution >= 0.6 is 0 Å². The molecule has 0 aromatic heterocycles. The molecule has 4 aromatic rings. The summed E-state index contributed by atoms with van der Waals surface area (Å²) in [5.74, 6) is -0.657. The summed E-state index contributed by atoms with van der Waals surface area (Å²) in [4.78, 5) is 4.10. The van der Waals surface area contributed by atoms with Crippen molar-refractivity contribution in [2.75, 3.05) is 22.9 Å². The van der Waals surface area contributed by atoms with Crippen molar-refractivity contribution >= 4 is 36.5 Å². The minimum atomic E-state index is -0.523. The molecule has 4 fully saturated rings. The molecule has 0 saturated carbocycles. The van der Waals surface area contributed by atoms with Crippen LogP contribution in [0.1, 0.15) is 116 Å². The van der Waals surface area contributed by atoms with Gasteiger partial charge >= 0.3 is 14.2 Å². The Morgan fingerprint density at radius 2 is 0.927 bits per heavy atom. The topological polar surface area (TPSA) is 43.4 Å². The molecule has 4 aromatic carbocycles. The van der Waals surface area contributed by atoms with E-state index in [2.05, 4.69) is 133 Å². The molecular formula is C45H54B2F2N2O4. The molecule has 2 unspecified atom stereocenters. The lowest BCUT2D eigenvalue weighted by atomic mass is 9.78. The zero-order valence-corrected chi connectivity index (χ0v) is 33.6. The van der Waals surface area contributed by atoms with Gasteiger partial charge < -0.3 is 28.4 Å². The van der Waals surface area contributed by atoms with Crippen molar-refractivity contribution in [1.29, 1.82) is 0 Å². The molecule has 4 saturated heterocycles. The van der Waals surface area contributed by atoms with E-state index in [4.69, 9.17) is 18.6 Å². The average Bonchev–Trinajstić information content (AvgIpc) is 3.76. The van der Waals surface area contributed by atoms with E-state index in [1.807, 2.05) is 11.0 Å². The number of hydrogen-bond donors (Lipinski definition) is 0. The van der Waals surface area contributed by atoms with Crippen LogP contribution in [-0.4, -0.2) is 49.7 Å². The van der Waals surface area contributed by atoms with Crippen molar-refractivity contribution in [2.24, 2.45) is 0 Å². The fourth-order valence-electron chi connectivity index (χ4n) is 8.70. The molecule has 0 aliphatic carbocycles. The summed E-state index contributed by atoms with van der Waals surface area (Å²) in [5, 5.41) is 0. The van der Waals surface area contributed by atoms with Gasteiger partial charge in [-0.25, -0.2) is 8.78 Å². The van der Waals surface area contributed by atoms with E-state index in [0.717, 1.165) is 47.7 Å². The summed E-state index contributed by atoms with van der Waals surface area (Å²) in [5.41, 5.74) is 4.16. The van der Waals surface area contributed by atoms with Gasteiger partial charge in [-0.1, -0.05) is 78.9 Å². The summed E-state index contributed by atoms with van der Waals surface area (Å²) in [6.45, 7) is 17.6. The zero-order valence-electron chi connectivity index (χ0n) is 33.6. The summed E-state index contributed by atoms with van der Waals surface area (Å²) in [6.07, 6.45) is 3.34. The van der Waals surface area contributed by atoms with E-state index in [1.165, 1.54) is 5.56 Å². The number of nitrogens with zero attached hydrogens (tertiary/aromatic N) is 2. The Morgan fingerprint density at radius 1 is 0.527 bits per heavy atom. The molecule has 288 valence electrons. The Bertz CT molecular complexity index is 1860. The highest BCUT2D eigenvalue weighted by Crippen LogP contribution is 2.48. The largest absolute Gasteiger partial charge is 0.494 e. The molecule has 8 rings (SSSR count). The minimum Gasteiger partial charge on any atom is -0.399 e. The van der Waals surface area contributed by atoms with Crippen LogP contribution in [0.3, 0.4) is 0 Å². The van der Waals surface area contributed by atoms with E-state index < -0.39 is 48.3 Å². The Labute approximate surface area is 326 Å². The molecule has 4 heterocycles. The second-order valence-corrected chi connectivity index (χ2v) is 18.0. The maximum Gasteiger partial charge on any atom is 0.494 e. The summed E-state index contributed by atoms with van der Waals surface area (Å²) < 4.78 is 58.0. The fraction of sp³-hybridized carbons (Fsp3) is 0.467. The maximum atomic E-state index is 16.4. The van der Waals surface area contributed by atoms with Gasteiger partial charge in [0.2, 0.25) is 0 Å². The summed E-state index contributed by atoms with van der Waals surface area (Å²) in [7, 11) is -0.940. The van der Waals surface area contributed by atoms with E-state index in [1.54, 1.807) is 12.1 Å². The Kier molecular flexibility index (Phi) is 9.76. The molecule has 0 spiro atoms. The molecule has 55 heavy (non-hydrogen) atoms. The molecule has 4 aliphatic rings. The second kappa shape index (κ2) is 14.0. The quantitative estimate of drug-likeness (QED) is 0.176. The van der Waals surface area contributed by atoms with Crippen LogP contribution in [0.4, 0.5) is 20.2 Å². The smallest absolute Gasteiger partial charge is 0.399 e. The Morgan fingerprint density at radius 3 is 1.33 bits per heavy atom. The Balaban J connectivity index is 1.09. The van der Waals surface area contributed by atoms with Crippen molar-refractivity contribution in [2.45, 2.75) is 121 Å². The summed E-state index contributed by atoms with van der Waals surface area (Å²) in [6, 6.07) is 30.0. The monoisotopic (exact) mass is 746 g/mol. The van der Waals surface area contributed by atoms with Crippen molar-refractivity contribution in [3.8, 4) is 0 Å². The number of hydrogen-bond acceptors (Lipinski definition) is 6. The highest BCUT2D eigenvalue weighted by molar-refractivity contribution is 6.62. The van der Waals surface area contributed by atoms with Gasteiger partial charge in [0.25, 0.3) is 0 Å². The number of benzene rings is 4. The van der Waals surface area contributed by atoms with Crippen molar-refractivity contribution < 1.29 is 27.4 Å². The van der Waals surface area contributed by atoms with Gasteiger partial charge in [-0.15, -0.1) is 0 Å². The van der Waals surface area contributed by atoms with Crippen LogP contribution in [-0.2, 0) is 18.6 Å². The van der Waals surface area contributed by atoms with Crippen molar-refractivity contribution in [1.82, 2.24) is 0 Å². The lowest BCUT2D eigenvalue weighted by molar-refractivity contribution is 0.00578. The standard InChI is InChI=1S/C45H54B2F2N2O4/c1-42(2)43(3,4)53-46(52-42)34-18-14-32(15-19-34)39-22-23-40(33-16-20-35(21-17-33)47-54-44(5,6)45(7,8)55-47)51(39)36-28-37(48)41(38(49)29-36)50-26-24-31(25-27-50)30-12-10-9-11-13-30/h9-21,28-29,31,39-40H,22-27H2,1-8H3. The van der Waals surface area contributed by atoms with E-state index in [-0.39, 0.29) is 17.8 Å². The SMILES string of the molecule is CC1(C)OB(c2ccc(C3CCC(c4ccc(B5OC(C)(C)C(C)(C)O5)cc4)N3c3cc(F)c(N4CCC(c5ccccc5)CC4)c(F)c3)cc2)OC1(C)C. The third-order valence-electron chi connectivity index (χ3n) is 13.5. The first-order valence-electron chi connectivity index (χ1n) is 20.0. The van der Waals surface area contributed by atoms with Crippen LogP contribution in [0, 0.1) is 11.6 Å².